The van der Waals surface area contributed by atoms with E-state index in [1.165, 1.54) is 71.2 Å². The molecule has 328 valence electrons. The van der Waals surface area contributed by atoms with Gasteiger partial charge in [0.15, 0.2) is 0 Å². The first-order valence-electron chi connectivity index (χ1n) is 24.1. The van der Waals surface area contributed by atoms with E-state index >= 15 is 0 Å². The van der Waals surface area contributed by atoms with Gasteiger partial charge in [-0.15, -0.1) is 0 Å². The van der Waals surface area contributed by atoms with Crippen LogP contribution in [0, 0.1) is 0 Å². The predicted molar refractivity (Wildman–Crippen MR) is 298 cm³/mol. The summed E-state index contributed by atoms with van der Waals surface area (Å²) in [4.78, 5) is 2.43. The zero-order valence-corrected chi connectivity index (χ0v) is 38.5. The average molecular weight is 891 g/mol. The summed E-state index contributed by atoms with van der Waals surface area (Å²) in [5.41, 5.74) is 18.5. The molecule has 12 aromatic carbocycles. The van der Waals surface area contributed by atoms with E-state index in [1.807, 2.05) is 0 Å². The molecule has 0 atom stereocenters. The smallest absolute Gasteiger partial charge is 0.0541 e. The minimum atomic E-state index is 1.06. The van der Waals surface area contributed by atoms with Gasteiger partial charge in [0.1, 0.15) is 0 Å². The number of rotatable bonds is 9. The van der Waals surface area contributed by atoms with Crippen LogP contribution in [0.25, 0.3) is 105 Å². The second kappa shape index (κ2) is 17.4. The van der Waals surface area contributed by atoms with Crippen LogP contribution in [0.4, 0.5) is 17.1 Å². The minimum Gasteiger partial charge on any atom is -0.310 e. The van der Waals surface area contributed by atoms with E-state index < -0.39 is 0 Å². The van der Waals surface area contributed by atoms with E-state index in [9.17, 15) is 0 Å². The van der Waals surface area contributed by atoms with Gasteiger partial charge in [-0.05, 0) is 126 Å². The van der Waals surface area contributed by atoms with E-state index in [2.05, 4.69) is 289 Å². The minimum absolute atomic E-state index is 1.06. The van der Waals surface area contributed by atoms with Crippen molar-refractivity contribution in [3.05, 3.63) is 279 Å². The fourth-order valence-electron chi connectivity index (χ4n) is 10.8. The summed E-state index contributed by atoms with van der Waals surface area (Å²) in [6, 6.07) is 102. The highest BCUT2D eigenvalue weighted by Crippen LogP contribution is 2.46. The maximum atomic E-state index is 2.44. The quantitative estimate of drug-likeness (QED) is 0.140. The number of benzene rings is 12. The van der Waals surface area contributed by atoms with Crippen molar-refractivity contribution in [3.63, 3.8) is 0 Å². The summed E-state index contributed by atoms with van der Waals surface area (Å²) in [5, 5.41) is 7.41. The van der Waals surface area contributed by atoms with E-state index in [1.54, 1.807) is 0 Å². The molecule has 0 aliphatic carbocycles. The number of fused-ring (bicyclic) bond motifs is 5. The molecule has 2 nitrogen and oxygen atoms in total. The number of nitrogens with zero attached hydrogens (tertiary/aromatic N) is 2. The van der Waals surface area contributed by atoms with Gasteiger partial charge in [0, 0.05) is 33.4 Å². The molecule has 0 N–H and O–H groups in total. The number of hydrogen-bond donors (Lipinski definition) is 0. The third-order valence-electron chi connectivity index (χ3n) is 14.0. The molecule has 13 aromatic rings. The lowest BCUT2D eigenvalue weighted by atomic mass is 9.89. The number of hydrogen-bond acceptors (Lipinski definition) is 1. The summed E-state index contributed by atoms with van der Waals surface area (Å²) in [5.74, 6) is 0. The Bertz CT molecular complexity index is 3990. The second-order valence-corrected chi connectivity index (χ2v) is 18.0. The van der Waals surface area contributed by atoms with Crippen LogP contribution in [0.1, 0.15) is 0 Å². The fourth-order valence-corrected chi connectivity index (χ4v) is 10.8. The monoisotopic (exact) mass is 890 g/mol. The SMILES string of the molecule is c1ccc(-c2cc(N(c3ccc(-c4cccc5ccccc45)cc3)c3cccc(-c4c(-c5ccccc5)ccc5ccccc45)c3)ccc2-c2ccccc2-n2c3ccccc3c3ccccc32)cc1. The molecule has 0 aliphatic heterocycles. The maximum absolute atomic E-state index is 2.44. The summed E-state index contributed by atoms with van der Waals surface area (Å²) >= 11 is 0. The van der Waals surface area contributed by atoms with Gasteiger partial charge in [-0.25, -0.2) is 0 Å². The van der Waals surface area contributed by atoms with Crippen LogP contribution >= 0.6 is 0 Å². The zero-order chi connectivity index (χ0) is 46.4. The highest BCUT2D eigenvalue weighted by molar-refractivity contribution is 6.10. The van der Waals surface area contributed by atoms with Crippen molar-refractivity contribution in [2.45, 2.75) is 0 Å². The second-order valence-electron chi connectivity index (χ2n) is 18.0. The largest absolute Gasteiger partial charge is 0.310 e. The molecule has 0 saturated carbocycles. The van der Waals surface area contributed by atoms with E-state index in [0.29, 0.717) is 0 Å². The van der Waals surface area contributed by atoms with E-state index in [4.69, 9.17) is 0 Å². The Morgan fingerprint density at radius 3 is 1.46 bits per heavy atom. The van der Waals surface area contributed by atoms with E-state index in [-0.39, 0.29) is 0 Å². The van der Waals surface area contributed by atoms with Crippen LogP contribution in [-0.2, 0) is 0 Å². The van der Waals surface area contributed by atoms with Crippen LogP contribution in [0.3, 0.4) is 0 Å². The van der Waals surface area contributed by atoms with Gasteiger partial charge in [0.05, 0.1) is 16.7 Å². The Labute approximate surface area is 408 Å². The van der Waals surface area contributed by atoms with Gasteiger partial charge >= 0.3 is 0 Å². The van der Waals surface area contributed by atoms with Crippen molar-refractivity contribution in [2.75, 3.05) is 4.90 Å². The average Bonchev–Trinajstić information content (AvgIpc) is 3.77. The molecule has 1 heterocycles. The fraction of sp³-hybridized carbons (Fsp3) is 0. The molecule has 0 bridgehead atoms. The molecule has 13 rings (SSSR count). The molecule has 0 spiro atoms. The zero-order valence-electron chi connectivity index (χ0n) is 38.5. The molecule has 0 amide bonds. The normalized spacial score (nSPS) is 11.4. The third kappa shape index (κ3) is 7.13. The van der Waals surface area contributed by atoms with Gasteiger partial charge < -0.3 is 9.47 Å². The Balaban J connectivity index is 1.02. The van der Waals surface area contributed by atoms with Crippen molar-refractivity contribution in [1.82, 2.24) is 4.57 Å². The topological polar surface area (TPSA) is 8.17 Å². The standard InChI is InChI=1S/C68H46N2/c1-3-19-48(20-4-1)59-43-39-50-24-8-10-29-58(50)68(59)52-26-17-27-54(45-52)69(53-40-37-51(38-41-53)57-33-18-25-47-23-7-9-28-56(47)57)55-42-44-60(64(46-55)49-21-5-2-6-22-49)61-30-11-14-34-65(61)70-66-35-15-12-31-62(66)63-32-13-16-36-67(63)70/h1-46H. The molecular formula is C68H46N2. The molecule has 0 unspecified atom stereocenters. The molecule has 70 heavy (non-hydrogen) atoms. The molecule has 0 saturated heterocycles. The predicted octanol–water partition coefficient (Wildman–Crippen LogP) is 18.9. The Hall–Kier alpha value is -9.24. The van der Waals surface area contributed by atoms with Crippen LogP contribution in [0.2, 0.25) is 0 Å². The number of anilines is 3. The van der Waals surface area contributed by atoms with Gasteiger partial charge in [-0.1, -0.05) is 224 Å². The lowest BCUT2D eigenvalue weighted by molar-refractivity contribution is 1.18. The Morgan fingerprint density at radius 1 is 0.243 bits per heavy atom. The third-order valence-corrected chi connectivity index (χ3v) is 14.0. The molecule has 0 fully saturated rings. The first-order chi connectivity index (χ1) is 34.7. The van der Waals surface area contributed by atoms with Crippen molar-refractivity contribution < 1.29 is 0 Å². The van der Waals surface area contributed by atoms with Gasteiger partial charge in [-0.3, -0.25) is 0 Å². The lowest BCUT2D eigenvalue weighted by Crippen LogP contribution is -2.10. The first-order valence-corrected chi connectivity index (χ1v) is 24.1. The number of para-hydroxylation sites is 3. The van der Waals surface area contributed by atoms with Crippen LogP contribution in [-0.4, -0.2) is 4.57 Å². The highest BCUT2D eigenvalue weighted by atomic mass is 15.1. The van der Waals surface area contributed by atoms with Crippen LogP contribution < -0.4 is 4.90 Å². The van der Waals surface area contributed by atoms with Gasteiger partial charge in [0.2, 0.25) is 0 Å². The molecule has 2 heteroatoms. The van der Waals surface area contributed by atoms with Crippen molar-refractivity contribution in [2.24, 2.45) is 0 Å². The van der Waals surface area contributed by atoms with E-state index in [0.717, 1.165) is 50.6 Å². The first kappa shape index (κ1) is 41.0. The summed E-state index contributed by atoms with van der Waals surface area (Å²) in [6.07, 6.45) is 0. The van der Waals surface area contributed by atoms with Crippen molar-refractivity contribution in [1.29, 1.82) is 0 Å². The van der Waals surface area contributed by atoms with Crippen LogP contribution in [0.5, 0.6) is 0 Å². The number of aromatic nitrogens is 1. The summed E-state index contributed by atoms with van der Waals surface area (Å²) in [7, 11) is 0. The summed E-state index contributed by atoms with van der Waals surface area (Å²) < 4.78 is 2.44. The maximum Gasteiger partial charge on any atom is 0.0541 e. The highest BCUT2D eigenvalue weighted by Gasteiger charge is 2.22. The lowest BCUT2D eigenvalue weighted by Gasteiger charge is -2.28. The summed E-state index contributed by atoms with van der Waals surface area (Å²) in [6.45, 7) is 0. The van der Waals surface area contributed by atoms with Crippen LogP contribution in [0.15, 0.2) is 279 Å². The Morgan fingerprint density at radius 2 is 0.729 bits per heavy atom. The molecular weight excluding hydrogens is 845 g/mol. The van der Waals surface area contributed by atoms with Gasteiger partial charge in [-0.2, -0.15) is 0 Å². The van der Waals surface area contributed by atoms with Crippen molar-refractivity contribution in [3.8, 4) is 61.3 Å². The molecule has 1 aromatic heterocycles. The molecule has 0 radical (unpaired) electrons. The van der Waals surface area contributed by atoms with Crippen molar-refractivity contribution >= 4 is 60.4 Å². The Kier molecular flexibility index (Phi) is 10.2. The van der Waals surface area contributed by atoms with Gasteiger partial charge in [0.25, 0.3) is 0 Å². The molecule has 0 aliphatic rings.